The van der Waals surface area contributed by atoms with E-state index >= 15 is 0 Å². The van der Waals surface area contributed by atoms with Gasteiger partial charge in [-0.1, -0.05) is 0 Å². The summed E-state index contributed by atoms with van der Waals surface area (Å²) in [6.07, 6.45) is 2.69. The zero-order valence-corrected chi connectivity index (χ0v) is 12.4. The summed E-state index contributed by atoms with van der Waals surface area (Å²) in [5.41, 5.74) is 11.2. The van der Waals surface area contributed by atoms with Crippen LogP contribution >= 0.6 is 0 Å². The fourth-order valence-corrected chi connectivity index (χ4v) is 4.33. The molecule has 2 atom stereocenters. The first-order valence-corrected chi connectivity index (χ1v) is 7.91. The first-order valence-electron chi connectivity index (χ1n) is 6.47. The van der Waals surface area contributed by atoms with Crippen molar-refractivity contribution >= 4 is 15.9 Å². The largest absolute Gasteiger partial charge is 0.364 e. The number of carbonyl (C=O) groups is 1. The first kappa shape index (κ1) is 15.0. The molecule has 7 nitrogen and oxygen atoms in total. The van der Waals surface area contributed by atoms with Crippen molar-refractivity contribution in [1.29, 1.82) is 0 Å². The molecule has 1 aliphatic rings. The van der Waals surface area contributed by atoms with E-state index < -0.39 is 15.9 Å². The number of aryl methyl sites for hydroxylation is 1. The standard InChI is InChI=1S/C12H20N4O3S/c1-8-5-9(13)3-4-16(8)20(18,19)10-6-11(12(14)17)15(2)7-10/h6-9H,3-5,13H2,1-2H3,(H2,14,17). The summed E-state index contributed by atoms with van der Waals surface area (Å²) in [7, 11) is -2.03. The molecule has 1 aliphatic heterocycles. The van der Waals surface area contributed by atoms with Crippen LogP contribution in [0.25, 0.3) is 0 Å². The maximum Gasteiger partial charge on any atom is 0.265 e. The van der Waals surface area contributed by atoms with Gasteiger partial charge >= 0.3 is 0 Å². The van der Waals surface area contributed by atoms with Gasteiger partial charge in [0.1, 0.15) is 10.6 Å². The lowest BCUT2D eigenvalue weighted by atomic mass is 10.0. The van der Waals surface area contributed by atoms with Gasteiger partial charge in [0.25, 0.3) is 5.91 Å². The van der Waals surface area contributed by atoms with Crippen LogP contribution in [0, 0.1) is 0 Å². The fraction of sp³-hybridized carbons (Fsp3) is 0.583. The number of nitrogens with two attached hydrogens (primary N) is 2. The van der Waals surface area contributed by atoms with Gasteiger partial charge in [-0.3, -0.25) is 4.79 Å². The van der Waals surface area contributed by atoms with Crippen molar-refractivity contribution in [2.75, 3.05) is 6.54 Å². The third kappa shape index (κ3) is 2.58. The molecule has 1 amide bonds. The van der Waals surface area contributed by atoms with Crippen LogP contribution in [0.5, 0.6) is 0 Å². The number of amides is 1. The van der Waals surface area contributed by atoms with Crippen LogP contribution in [0.15, 0.2) is 17.2 Å². The van der Waals surface area contributed by atoms with E-state index in [2.05, 4.69) is 0 Å². The average molecular weight is 300 g/mol. The van der Waals surface area contributed by atoms with Gasteiger partial charge in [0, 0.05) is 31.9 Å². The third-order valence-electron chi connectivity index (χ3n) is 3.69. The smallest absolute Gasteiger partial charge is 0.265 e. The molecule has 112 valence electrons. The highest BCUT2D eigenvalue weighted by atomic mass is 32.2. The number of primary amides is 1. The van der Waals surface area contributed by atoms with E-state index in [0.717, 1.165) is 0 Å². The van der Waals surface area contributed by atoms with Gasteiger partial charge < -0.3 is 16.0 Å². The number of piperidine rings is 1. The predicted molar refractivity (Wildman–Crippen MR) is 74.5 cm³/mol. The van der Waals surface area contributed by atoms with Gasteiger partial charge in [-0.15, -0.1) is 0 Å². The van der Waals surface area contributed by atoms with Crippen LogP contribution in [0.4, 0.5) is 0 Å². The fourth-order valence-electron chi connectivity index (χ4n) is 2.60. The van der Waals surface area contributed by atoms with Crippen molar-refractivity contribution in [2.24, 2.45) is 18.5 Å². The SMILES string of the molecule is CC1CC(N)CCN1S(=O)(=O)c1cc(C(N)=O)n(C)c1. The monoisotopic (exact) mass is 300 g/mol. The minimum absolute atomic E-state index is 0.0356. The highest BCUT2D eigenvalue weighted by Gasteiger charge is 2.34. The highest BCUT2D eigenvalue weighted by Crippen LogP contribution is 2.25. The van der Waals surface area contributed by atoms with Crippen molar-refractivity contribution in [3.63, 3.8) is 0 Å². The number of sulfonamides is 1. The van der Waals surface area contributed by atoms with E-state index in [-0.39, 0.29) is 22.7 Å². The zero-order chi connectivity index (χ0) is 15.1. The molecule has 1 fully saturated rings. The highest BCUT2D eigenvalue weighted by molar-refractivity contribution is 7.89. The van der Waals surface area contributed by atoms with Crippen molar-refractivity contribution in [3.8, 4) is 0 Å². The Morgan fingerprint density at radius 3 is 2.60 bits per heavy atom. The molecule has 2 unspecified atom stereocenters. The summed E-state index contributed by atoms with van der Waals surface area (Å²) < 4.78 is 28.1. The Kier molecular flexibility index (Phi) is 3.90. The molecule has 0 bridgehead atoms. The molecule has 0 aromatic carbocycles. The summed E-state index contributed by atoms with van der Waals surface area (Å²) >= 11 is 0. The number of hydrogen-bond acceptors (Lipinski definition) is 4. The minimum atomic E-state index is -3.62. The Hall–Kier alpha value is -1.38. The lowest BCUT2D eigenvalue weighted by Gasteiger charge is -2.34. The molecule has 1 saturated heterocycles. The Labute approximate surface area is 118 Å². The van der Waals surface area contributed by atoms with E-state index in [1.807, 2.05) is 6.92 Å². The lowest BCUT2D eigenvalue weighted by molar-refractivity contribution is 0.0992. The van der Waals surface area contributed by atoms with Gasteiger partial charge in [0.15, 0.2) is 0 Å². The summed E-state index contributed by atoms with van der Waals surface area (Å²) in [4.78, 5) is 11.3. The first-order chi connectivity index (χ1) is 9.23. The van der Waals surface area contributed by atoms with Crippen LogP contribution in [-0.2, 0) is 17.1 Å². The van der Waals surface area contributed by atoms with Crippen LogP contribution in [-0.4, -0.2) is 41.8 Å². The van der Waals surface area contributed by atoms with E-state index in [9.17, 15) is 13.2 Å². The van der Waals surface area contributed by atoms with Gasteiger partial charge in [-0.2, -0.15) is 4.31 Å². The number of hydrogen-bond donors (Lipinski definition) is 2. The van der Waals surface area contributed by atoms with E-state index in [4.69, 9.17) is 11.5 Å². The van der Waals surface area contributed by atoms with E-state index in [1.165, 1.54) is 21.1 Å². The second kappa shape index (κ2) is 5.19. The van der Waals surface area contributed by atoms with Gasteiger partial charge in [-0.25, -0.2) is 8.42 Å². The lowest BCUT2D eigenvalue weighted by Crippen LogP contribution is -2.48. The third-order valence-corrected chi connectivity index (χ3v) is 5.67. The number of carbonyl (C=O) groups excluding carboxylic acids is 1. The quantitative estimate of drug-likeness (QED) is 0.792. The minimum Gasteiger partial charge on any atom is -0.364 e. The number of aromatic nitrogens is 1. The molecule has 1 aromatic heterocycles. The zero-order valence-electron chi connectivity index (χ0n) is 11.6. The molecule has 2 heterocycles. The molecule has 0 radical (unpaired) electrons. The Morgan fingerprint density at radius 1 is 1.45 bits per heavy atom. The Balaban J connectivity index is 2.35. The molecule has 1 aromatic rings. The summed E-state index contributed by atoms with van der Waals surface area (Å²) in [6.45, 7) is 2.24. The van der Waals surface area contributed by atoms with E-state index in [1.54, 1.807) is 7.05 Å². The normalized spacial score (nSPS) is 24.8. The molecule has 0 saturated carbocycles. The van der Waals surface area contributed by atoms with Gasteiger partial charge in [-0.05, 0) is 25.8 Å². The van der Waals surface area contributed by atoms with Gasteiger partial charge in [0.2, 0.25) is 10.0 Å². The Morgan fingerprint density at radius 2 is 2.10 bits per heavy atom. The predicted octanol–water partition coefficient (Wildman–Crippen LogP) is -0.376. The average Bonchev–Trinajstić information content (AvgIpc) is 2.71. The van der Waals surface area contributed by atoms with Crippen molar-refractivity contribution < 1.29 is 13.2 Å². The number of rotatable bonds is 3. The van der Waals surface area contributed by atoms with Crippen LogP contribution in [0.1, 0.15) is 30.3 Å². The molecule has 0 spiro atoms. The van der Waals surface area contributed by atoms with Gasteiger partial charge in [0.05, 0.1) is 0 Å². The van der Waals surface area contributed by atoms with Crippen molar-refractivity contribution in [1.82, 2.24) is 8.87 Å². The summed E-state index contributed by atoms with van der Waals surface area (Å²) in [5, 5.41) is 0. The Bertz CT molecular complexity index is 623. The van der Waals surface area contributed by atoms with Crippen LogP contribution in [0.2, 0.25) is 0 Å². The molecule has 8 heteroatoms. The summed E-state index contributed by atoms with van der Waals surface area (Å²) in [5.74, 6) is -0.650. The maximum absolute atomic E-state index is 12.6. The molecule has 20 heavy (non-hydrogen) atoms. The topological polar surface area (TPSA) is 111 Å². The second-order valence-corrected chi connectivity index (χ2v) is 7.18. The molecule has 2 rings (SSSR count). The molecule has 0 aliphatic carbocycles. The molecular weight excluding hydrogens is 280 g/mol. The van der Waals surface area contributed by atoms with Crippen molar-refractivity contribution in [2.45, 2.75) is 36.7 Å². The van der Waals surface area contributed by atoms with Crippen molar-refractivity contribution in [3.05, 3.63) is 18.0 Å². The van der Waals surface area contributed by atoms with Crippen LogP contribution in [0.3, 0.4) is 0 Å². The van der Waals surface area contributed by atoms with Crippen LogP contribution < -0.4 is 11.5 Å². The second-order valence-electron chi connectivity index (χ2n) is 5.29. The van der Waals surface area contributed by atoms with E-state index in [0.29, 0.717) is 19.4 Å². The molecule has 4 N–H and O–H groups in total. The molecular formula is C12H20N4O3S. The summed E-state index contributed by atoms with van der Waals surface area (Å²) in [6, 6.07) is 1.20. The maximum atomic E-state index is 12.6. The number of nitrogens with zero attached hydrogens (tertiary/aromatic N) is 2.